The molecule has 2 aliphatic rings. The topological polar surface area (TPSA) is 70.9 Å². The molecule has 1 aliphatic carbocycles. The number of rotatable bonds is 5. The van der Waals surface area contributed by atoms with E-state index in [2.05, 4.69) is 5.32 Å². The maximum atomic E-state index is 13.2. The second-order valence-electron chi connectivity index (χ2n) is 7.77. The highest BCUT2D eigenvalue weighted by atomic mass is 32.2. The first kappa shape index (κ1) is 22.0. The molecule has 0 bridgehead atoms. The van der Waals surface area contributed by atoms with E-state index in [-0.39, 0.29) is 31.1 Å². The van der Waals surface area contributed by atoms with Gasteiger partial charge in [-0.15, -0.1) is 0 Å². The summed E-state index contributed by atoms with van der Waals surface area (Å²) in [5.41, 5.74) is -1.15. The summed E-state index contributed by atoms with van der Waals surface area (Å²) in [6.07, 6.45) is -0.551. The molecule has 6 nitrogen and oxygen atoms in total. The predicted molar refractivity (Wildman–Crippen MR) is 101 cm³/mol. The number of halogens is 3. The molecule has 1 saturated heterocycles. The lowest BCUT2D eigenvalue weighted by molar-refractivity contribution is -0.917. The molecule has 2 N–H and O–H groups in total. The molecule has 1 heterocycles. The Morgan fingerprint density at radius 2 is 1.76 bits per heavy atom. The van der Waals surface area contributed by atoms with Crippen LogP contribution in [0.2, 0.25) is 0 Å². The molecule has 3 rings (SSSR count). The van der Waals surface area contributed by atoms with Gasteiger partial charge in [0.1, 0.15) is 0 Å². The number of hydrogen-bond acceptors (Lipinski definition) is 3. The molecule has 0 aromatic heterocycles. The summed E-state index contributed by atoms with van der Waals surface area (Å²) in [7, 11) is -4.26. The van der Waals surface area contributed by atoms with Crippen LogP contribution in [-0.4, -0.2) is 56.9 Å². The summed E-state index contributed by atoms with van der Waals surface area (Å²) < 4.78 is 66.5. The molecule has 0 radical (unpaired) electrons. The van der Waals surface area contributed by atoms with Crippen LogP contribution in [0.25, 0.3) is 0 Å². The average Bonchev–Trinajstić information content (AvgIpc) is 3.20. The average molecular weight is 435 g/mol. The SMILES string of the molecule is C[C@H](C(=O)NC1CCCC1)[NH+]1CCN(S(=O)(=O)c2ccccc2C(F)(F)F)CC1. The lowest BCUT2D eigenvalue weighted by atomic mass is 10.2. The first-order valence-electron chi connectivity index (χ1n) is 9.92. The summed E-state index contributed by atoms with van der Waals surface area (Å²) >= 11 is 0. The molecular weight excluding hydrogens is 407 g/mol. The number of benzene rings is 1. The summed E-state index contributed by atoms with van der Waals surface area (Å²) in [6, 6.07) is 4.12. The van der Waals surface area contributed by atoms with E-state index in [1.54, 1.807) is 0 Å². The third kappa shape index (κ3) is 4.92. The monoisotopic (exact) mass is 434 g/mol. The molecule has 2 fully saturated rings. The van der Waals surface area contributed by atoms with Crippen molar-refractivity contribution in [3.8, 4) is 0 Å². The van der Waals surface area contributed by atoms with Crippen molar-refractivity contribution in [2.75, 3.05) is 26.2 Å². The highest BCUT2D eigenvalue weighted by molar-refractivity contribution is 7.89. The molecule has 1 aliphatic heterocycles. The molecule has 1 atom stereocenters. The van der Waals surface area contributed by atoms with Crippen molar-refractivity contribution in [3.05, 3.63) is 29.8 Å². The Morgan fingerprint density at radius 3 is 2.34 bits per heavy atom. The van der Waals surface area contributed by atoms with E-state index in [9.17, 15) is 26.4 Å². The molecule has 162 valence electrons. The van der Waals surface area contributed by atoms with Crippen molar-refractivity contribution in [2.45, 2.75) is 55.8 Å². The van der Waals surface area contributed by atoms with E-state index in [0.29, 0.717) is 13.1 Å². The zero-order valence-corrected chi connectivity index (χ0v) is 17.2. The maximum absolute atomic E-state index is 13.2. The number of nitrogens with one attached hydrogen (secondary N) is 2. The van der Waals surface area contributed by atoms with Crippen LogP contribution in [0, 0.1) is 0 Å². The highest BCUT2D eigenvalue weighted by Crippen LogP contribution is 2.35. The first-order chi connectivity index (χ1) is 13.6. The number of nitrogens with zero attached hydrogens (tertiary/aromatic N) is 1. The van der Waals surface area contributed by atoms with E-state index in [4.69, 9.17) is 0 Å². The van der Waals surface area contributed by atoms with Gasteiger partial charge in [0.15, 0.2) is 6.04 Å². The van der Waals surface area contributed by atoms with Crippen LogP contribution in [0.3, 0.4) is 0 Å². The van der Waals surface area contributed by atoms with Crippen molar-refractivity contribution in [3.63, 3.8) is 0 Å². The Morgan fingerprint density at radius 1 is 1.17 bits per heavy atom. The minimum absolute atomic E-state index is 0.0503. The molecule has 29 heavy (non-hydrogen) atoms. The van der Waals surface area contributed by atoms with Crippen LogP contribution in [0.5, 0.6) is 0 Å². The third-order valence-corrected chi connectivity index (χ3v) is 7.84. The van der Waals surface area contributed by atoms with Gasteiger partial charge in [0.05, 0.1) is 36.6 Å². The van der Waals surface area contributed by atoms with Gasteiger partial charge >= 0.3 is 6.18 Å². The largest absolute Gasteiger partial charge is 0.417 e. The minimum Gasteiger partial charge on any atom is -0.348 e. The quantitative estimate of drug-likeness (QED) is 0.728. The van der Waals surface area contributed by atoms with Crippen LogP contribution in [0.15, 0.2) is 29.2 Å². The van der Waals surface area contributed by atoms with Crippen LogP contribution < -0.4 is 10.2 Å². The van der Waals surface area contributed by atoms with Crippen molar-refractivity contribution >= 4 is 15.9 Å². The highest BCUT2D eigenvalue weighted by Gasteiger charge is 2.41. The predicted octanol–water partition coefficient (Wildman–Crippen LogP) is 1.04. The fourth-order valence-electron chi connectivity index (χ4n) is 4.09. The van der Waals surface area contributed by atoms with Crippen LogP contribution in [0.1, 0.15) is 38.2 Å². The van der Waals surface area contributed by atoms with Crippen LogP contribution >= 0.6 is 0 Å². The van der Waals surface area contributed by atoms with Gasteiger partial charge < -0.3 is 10.2 Å². The van der Waals surface area contributed by atoms with E-state index in [1.165, 1.54) is 12.1 Å². The van der Waals surface area contributed by atoms with E-state index < -0.39 is 26.7 Å². The number of quaternary nitrogens is 1. The number of carbonyl (C=O) groups excluding carboxylic acids is 1. The van der Waals surface area contributed by atoms with Crippen molar-refractivity contribution in [1.82, 2.24) is 9.62 Å². The molecule has 0 spiro atoms. The Bertz CT molecular complexity index is 831. The van der Waals surface area contributed by atoms with Gasteiger partial charge in [-0.3, -0.25) is 4.79 Å². The van der Waals surface area contributed by atoms with Gasteiger partial charge in [0, 0.05) is 6.04 Å². The fraction of sp³-hybridized carbons (Fsp3) is 0.632. The van der Waals surface area contributed by atoms with Crippen LogP contribution in [0.4, 0.5) is 13.2 Å². The lowest BCUT2D eigenvalue weighted by Gasteiger charge is -2.34. The van der Waals surface area contributed by atoms with Gasteiger partial charge in [0.2, 0.25) is 10.0 Å². The molecular formula is C19H27F3N3O3S+. The van der Waals surface area contributed by atoms with Crippen molar-refractivity contribution < 1.29 is 31.3 Å². The molecule has 1 amide bonds. The number of alkyl halides is 3. The van der Waals surface area contributed by atoms with E-state index in [0.717, 1.165) is 47.0 Å². The number of carbonyl (C=O) groups is 1. The summed E-state index contributed by atoms with van der Waals surface area (Å²) in [6.45, 7) is 2.69. The molecule has 1 aromatic carbocycles. The Balaban J connectivity index is 1.65. The van der Waals surface area contributed by atoms with Gasteiger partial charge in [-0.05, 0) is 31.9 Å². The summed E-state index contributed by atoms with van der Waals surface area (Å²) in [5, 5.41) is 3.05. The van der Waals surface area contributed by atoms with Crippen molar-refractivity contribution in [1.29, 1.82) is 0 Å². The second kappa shape index (κ2) is 8.61. The summed E-state index contributed by atoms with van der Waals surface area (Å²) in [5.74, 6) is -0.0503. The maximum Gasteiger partial charge on any atom is 0.417 e. The van der Waals surface area contributed by atoms with Crippen molar-refractivity contribution in [2.24, 2.45) is 0 Å². The van der Waals surface area contributed by atoms with E-state index >= 15 is 0 Å². The number of hydrogen-bond donors (Lipinski definition) is 2. The Kier molecular flexibility index (Phi) is 6.54. The summed E-state index contributed by atoms with van der Waals surface area (Å²) in [4.78, 5) is 12.7. The third-order valence-electron chi connectivity index (χ3n) is 5.88. The number of sulfonamides is 1. The lowest BCUT2D eigenvalue weighted by Crippen LogP contribution is -3.19. The standard InChI is InChI=1S/C19H26F3N3O3S/c1-14(18(26)23-15-6-2-3-7-15)24-10-12-25(13-11-24)29(27,28)17-9-5-4-8-16(17)19(20,21)22/h4-5,8-9,14-15H,2-3,6-7,10-13H2,1H3,(H,23,26)/p+1/t14-/m1/s1. The van der Waals surface area contributed by atoms with E-state index in [1.807, 2.05) is 6.92 Å². The molecule has 10 heteroatoms. The van der Waals surface area contributed by atoms with Gasteiger partial charge in [-0.25, -0.2) is 8.42 Å². The Labute approximate surface area is 169 Å². The minimum atomic E-state index is -4.75. The van der Waals surface area contributed by atoms with Gasteiger partial charge in [-0.2, -0.15) is 17.5 Å². The second-order valence-corrected chi connectivity index (χ2v) is 9.67. The zero-order valence-electron chi connectivity index (χ0n) is 16.3. The number of amides is 1. The normalized spacial score (nSPS) is 21.2. The first-order valence-corrected chi connectivity index (χ1v) is 11.4. The van der Waals surface area contributed by atoms with Gasteiger partial charge in [0.25, 0.3) is 5.91 Å². The molecule has 1 aromatic rings. The zero-order chi connectivity index (χ0) is 21.2. The van der Waals surface area contributed by atoms with Crippen LogP contribution in [-0.2, 0) is 21.0 Å². The number of piperazine rings is 1. The molecule has 0 unspecified atom stereocenters. The smallest absolute Gasteiger partial charge is 0.348 e. The Hall–Kier alpha value is -1.65. The molecule has 1 saturated carbocycles. The fourth-order valence-corrected chi connectivity index (χ4v) is 5.75. The van der Waals surface area contributed by atoms with Gasteiger partial charge in [-0.1, -0.05) is 25.0 Å².